The van der Waals surface area contributed by atoms with Gasteiger partial charge in [0.1, 0.15) is 0 Å². The molecule has 2 amide bonds. The summed E-state index contributed by atoms with van der Waals surface area (Å²) in [6.45, 7) is 0.100. The summed E-state index contributed by atoms with van der Waals surface area (Å²) in [6, 6.07) is 1.47. The van der Waals surface area contributed by atoms with Crippen molar-refractivity contribution >= 4 is 39.3 Å². The van der Waals surface area contributed by atoms with E-state index in [9.17, 15) is 9.59 Å². The van der Waals surface area contributed by atoms with Gasteiger partial charge in [0.05, 0.1) is 10.3 Å². The molecule has 0 aliphatic heterocycles. The SMILES string of the molecule is CN(Cc1csc(Br)c1)C(=O)NC[C@H](O)C(=O)O. The van der Waals surface area contributed by atoms with Gasteiger partial charge < -0.3 is 20.4 Å². The highest BCUT2D eigenvalue weighted by atomic mass is 79.9. The highest BCUT2D eigenvalue weighted by Crippen LogP contribution is 2.21. The molecule has 100 valence electrons. The van der Waals surface area contributed by atoms with E-state index in [2.05, 4.69) is 21.2 Å². The summed E-state index contributed by atoms with van der Waals surface area (Å²) in [5, 5.41) is 21.7. The van der Waals surface area contributed by atoms with Crippen molar-refractivity contribution in [1.82, 2.24) is 10.2 Å². The number of carboxylic acids is 1. The summed E-state index contributed by atoms with van der Waals surface area (Å²) in [6.07, 6.45) is -1.59. The van der Waals surface area contributed by atoms with Gasteiger partial charge in [0.25, 0.3) is 0 Å². The largest absolute Gasteiger partial charge is 0.479 e. The zero-order chi connectivity index (χ0) is 13.7. The zero-order valence-corrected chi connectivity index (χ0v) is 12.0. The van der Waals surface area contributed by atoms with Crippen LogP contribution in [0.4, 0.5) is 4.79 Å². The van der Waals surface area contributed by atoms with E-state index >= 15 is 0 Å². The maximum absolute atomic E-state index is 11.6. The first-order valence-corrected chi connectivity index (χ1v) is 6.70. The number of nitrogens with zero attached hydrogens (tertiary/aromatic N) is 1. The maximum atomic E-state index is 11.6. The third kappa shape index (κ3) is 4.63. The standard InChI is InChI=1S/C10H13BrN2O4S/c1-13(4-6-2-8(11)18-5-6)10(17)12-3-7(14)9(15)16/h2,5,7,14H,3-4H2,1H3,(H,12,17)(H,15,16)/t7-/m0/s1. The van der Waals surface area contributed by atoms with E-state index in [1.54, 1.807) is 7.05 Å². The lowest BCUT2D eigenvalue weighted by atomic mass is 10.3. The Kier molecular flexibility index (Phi) is 5.57. The molecule has 8 heteroatoms. The summed E-state index contributed by atoms with van der Waals surface area (Å²) in [5.41, 5.74) is 0.975. The van der Waals surface area contributed by atoms with Crippen molar-refractivity contribution in [3.63, 3.8) is 0 Å². The van der Waals surface area contributed by atoms with Gasteiger partial charge in [0, 0.05) is 13.6 Å². The number of nitrogens with one attached hydrogen (secondary N) is 1. The number of aliphatic hydroxyl groups excluding tert-OH is 1. The van der Waals surface area contributed by atoms with Crippen LogP contribution in [0.25, 0.3) is 0 Å². The number of halogens is 1. The minimum absolute atomic E-state index is 0.314. The van der Waals surface area contributed by atoms with Crippen molar-refractivity contribution in [1.29, 1.82) is 0 Å². The molecular weight excluding hydrogens is 324 g/mol. The van der Waals surface area contributed by atoms with Crippen LogP contribution >= 0.6 is 27.3 Å². The second-order valence-electron chi connectivity index (χ2n) is 3.66. The molecule has 0 fully saturated rings. The molecule has 0 saturated carbocycles. The number of hydrogen-bond donors (Lipinski definition) is 3. The van der Waals surface area contributed by atoms with Gasteiger partial charge in [-0.1, -0.05) is 0 Å². The van der Waals surface area contributed by atoms with Crippen LogP contribution in [0.5, 0.6) is 0 Å². The predicted octanol–water partition coefficient (Wildman–Crippen LogP) is 1.10. The number of thiophene rings is 1. The lowest BCUT2D eigenvalue weighted by molar-refractivity contribution is -0.146. The molecule has 1 aromatic heterocycles. The first-order valence-electron chi connectivity index (χ1n) is 5.03. The highest BCUT2D eigenvalue weighted by Gasteiger charge is 2.16. The van der Waals surface area contributed by atoms with Gasteiger partial charge in [-0.3, -0.25) is 0 Å². The fraction of sp³-hybridized carbons (Fsp3) is 0.400. The Labute approximate surface area is 116 Å². The van der Waals surface area contributed by atoms with Crippen LogP contribution < -0.4 is 5.32 Å². The lowest BCUT2D eigenvalue weighted by Crippen LogP contribution is -2.42. The minimum Gasteiger partial charge on any atom is -0.479 e. The second kappa shape index (κ2) is 6.72. The fourth-order valence-electron chi connectivity index (χ4n) is 1.18. The fourth-order valence-corrected chi connectivity index (χ4v) is 2.38. The van der Waals surface area contributed by atoms with Crippen molar-refractivity contribution in [3.8, 4) is 0 Å². The van der Waals surface area contributed by atoms with Gasteiger partial charge >= 0.3 is 12.0 Å². The summed E-state index contributed by atoms with van der Waals surface area (Å²) in [7, 11) is 1.59. The van der Waals surface area contributed by atoms with Crippen LogP contribution in [0.15, 0.2) is 15.2 Å². The molecule has 3 N–H and O–H groups in total. The first-order chi connectivity index (χ1) is 8.40. The quantitative estimate of drug-likeness (QED) is 0.751. The molecule has 1 atom stereocenters. The molecule has 18 heavy (non-hydrogen) atoms. The molecule has 0 bridgehead atoms. The third-order valence-electron chi connectivity index (χ3n) is 2.12. The van der Waals surface area contributed by atoms with Gasteiger partial charge in [-0.2, -0.15) is 0 Å². The Bertz CT molecular complexity index is 437. The van der Waals surface area contributed by atoms with Gasteiger partial charge in [-0.15, -0.1) is 11.3 Å². The number of rotatable bonds is 5. The number of urea groups is 1. The number of amides is 2. The topological polar surface area (TPSA) is 89.9 Å². The Balaban J connectivity index is 2.39. The summed E-state index contributed by atoms with van der Waals surface area (Å²) in [5.74, 6) is -1.36. The van der Waals surface area contributed by atoms with E-state index in [1.165, 1.54) is 16.2 Å². The molecular formula is C10H13BrN2O4S. The number of carbonyl (C=O) groups is 2. The molecule has 1 heterocycles. The number of aliphatic hydroxyl groups is 1. The van der Waals surface area contributed by atoms with Crippen LogP contribution in [0.2, 0.25) is 0 Å². The molecule has 0 radical (unpaired) electrons. The van der Waals surface area contributed by atoms with E-state index < -0.39 is 18.1 Å². The van der Waals surface area contributed by atoms with Crippen LogP contribution in [0.1, 0.15) is 5.56 Å². The predicted molar refractivity (Wildman–Crippen MR) is 70.5 cm³/mol. The van der Waals surface area contributed by atoms with Crippen molar-refractivity contribution in [2.75, 3.05) is 13.6 Å². The van der Waals surface area contributed by atoms with Crippen molar-refractivity contribution in [2.24, 2.45) is 0 Å². The van der Waals surface area contributed by atoms with Crippen molar-refractivity contribution in [3.05, 3.63) is 20.8 Å². The third-order valence-corrected chi connectivity index (χ3v) is 3.67. The van der Waals surface area contributed by atoms with Gasteiger partial charge in [-0.05, 0) is 32.9 Å². The van der Waals surface area contributed by atoms with Gasteiger partial charge in [0.15, 0.2) is 6.10 Å². The first kappa shape index (κ1) is 14.9. The van der Waals surface area contributed by atoms with E-state index in [-0.39, 0.29) is 6.54 Å². The molecule has 0 aliphatic rings. The average Bonchev–Trinajstić information content (AvgIpc) is 2.70. The summed E-state index contributed by atoms with van der Waals surface area (Å²) >= 11 is 4.85. The minimum atomic E-state index is -1.59. The van der Waals surface area contributed by atoms with E-state index in [0.29, 0.717) is 6.54 Å². The molecule has 0 saturated heterocycles. The van der Waals surface area contributed by atoms with Gasteiger partial charge in [0.2, 0.25) is 0 Å². The van der Waals surface area contributed by atoms with Crippen LogP contribution in [-0.2, 0) is 11.3 Å². The van der Waals surface area contributed by atoms with E-state index in [0.717, 1.165) is 9.35 Å². The number of carboxylic acid groups (broad SMARTS) is 1. The second-order valence-corrected chi connectivity index (χ2v) is 5.95. The van der Waals surface area contributed by atoms with E-state index in [1.807, 2.05) is 11.4 Å². The maximum Gasteiger partial charge on any atom is 0.334 e. The molecule has 1 rings (SSSR count). The molecule has 0 aromatic carbocycles. The summed E-state index contributed by atoms with van der Waals surface area (Å²) < 4.78 is 0.979. The van der Waals surface area contributed by atoms with Gasteiger partial charge in [-0.25, -0.2) is 9.59 Å². The monoisotopic (exact) mass is 336 g/mol. The number of hydrogen-bond acceptors (Lipinski definition) is 4. The summed E-state index contributed by atoms with van der Waals surface area (Å²) in [4.78, 5) is 23.3. The zero-order valence-electron chi connectivity index (χ0n) is 9.59. The van der Waals surface area contributed by atoms with Crippen LogP contribution in [-0.4, -0.2) is 46.8 Å². The molecule has 1 aromatic rings. The Morgan fingerprint density at radius 2 is 2.28 bits per heavy atom. The Morgan fingerprint density at radius 1 is 1.61 bits per heavy atom. The van der Waals surface area contributed by atoms with Crippen molar-refractivity contribution in [2.45, 2.75) is 12.6 Å². The number of carbonyl (C=O) groups excluding carboxylic acids is 1. The Morgan fingerprint density at radius 3 is 2.78 bits per heavy atom. The van der Waals surface area contributed by atoms with Crippen LogP contribution in [0.3, 0.4) is 0 Å². The molecule has 0 unspecified atom stereocenters. The number of aliphatic carboxylic acids is 1. The Hall–Kier alpha value is -1.12. The molecule has 0 aliphatic carbocycles. The lowest BCUT2D eigenvalue weighted by Gasteiger charge is -2.17. The van der Waals surface area contributed by atoms with E-state index in [4.69, 9.17) is 10.2 Å². The smallest absolute Gasteiger partial charge is 0.334 e. The normalized spacial score (nSPS) is 11.9. The highest BCUT2D eigenvalue weighted by molar-refractivity contribution is 9.11. The average molecular weight is 337 g/mol. The van der Waals surface area contributed by atoms with Crippen LogP contribution in [0, 0.1) is 0 Å². The molecule has 0 spiro atoms. The molecule has 6 nitrogen and oxygen atoms in total. The van der Waals surface area contributed by atoms with Crippen molar-refractivity contribution < 1.29 is 19.8 Å².